The van der Waals surface area contributed by atoms with Crippen molar-refractivity contribution in [2.45, 2.75) is 65.2 Å². The van der Waals surface area contributed by atoms with Crippen LogP contribution in [0.1, 0.15) is 64.5 Å². The molecule has 2 atom stereocenters. The monoisotopic (exact) mass is 441 g/mol. The van der Waals surface area contributed by atoms with Crippen LogP contribution in [-0.4, -0.2) is 28.1 Å². The highest BCUT2D eigenvalue weighted by Crippen LogP contribution is 2.55. The van der Waals surface area contributed by atoms with Gasteiger partial charge in [-0.25, -0.2) is 0 Å². The molecule has 0 fully saturated rings. The Morgan fingerprint density at radius 2 is 1.86 bits per heavy atom. The molecule has 1 aromatic carbocycles. The average molecular weight is 441 g/mol. The van der Waals surface area contributed by atoms with E-state index in [4.69, 9.17) is 4.74 Å². The van der Waals surface area contributed by atoms with Crippen LogP contribution in [0, 0.1) is 0 Å². The van der Waals surface area contributed by atoms with Crippen molar-refractivity contribution in [3.63, 3.8) is 0 Å². The van der Waals surface area contributed by atoms with Gasteiger partial charge in [0.25, 0.3) is 5.40 Å². The molecular weight excluding hydrogens is 406 g/mol. The second-order valence-electron chi connectivity index (χ2n) is 7.55. The molecule has 0 radical (unpaired) electrons. The van der Waals surface area contributed by atoms with Crippen LogP contribution in [-0.2, 0) is 20.3 Å². The number of rotatable bonds is 13. The summed E-state index contributed by atoms with van der Waals surface area (Å²) in [6.07, 6.45) is 7.90. The molecule has 162 valence electrons. The maximum atomic E-state index is 12.2. The number of aryl methyl sites for hydroxylation is 1. The molecule has 0 heterocycles. The van der Waals surface area contributed by atoms with E-state index in [1.807, 2.05) is 12.1 Å². The number of hydrogen-bond acceptors (Lipinski definition) is 3. The predicted molar refractivity (Wildman–Crippen MR) is 122 cm³/mol. The normalized spacial score (nSPS) is 13.9. The first-order valence-electron chi connectivity index (χ1n) is 10.1. The number of benzene rings is 1. The zero-order chi connectivity index (χ0) is 21.9. The van der Waals surface area contributed by atoms with Crippen LogP contribution in [0.5, 0.6) is 0 Å². The molecule has 0 aliphatic rings. The van der Waals surface area contributed by atoms with Gasteiger partial charge in [-0.15, -0.1) is 0 Å². The lowest BCUT2D eigenvalue weighted by Crippen LogP contribution is -2.07. The fourth-order valence-corrected chi connectivity index (χ4v) is 6.03. The highest BCUT2D eigenvalue weighted by molar-refractivity contribution is 7.67. The van der Waals surface area contributed by atoms with Gasteiger partial charge in [-0.2, -0.15) is 0 Å². The van der Waals surface area contributed by atoms with Crippen molar-refractivity contribution in [3.8, 4) is 0 Å². The minimum Gasteiger partial charge on any atom is -0.338 e. The molecule has 7 heteroatoms. The van der Waals surface area contributed by atoms with E-state index >= 15 is 0 Å². The molecule has 0 bridgehead atoms. The SMILES string of the molecule is CCOC[P+](=O)C(CCCc1ccc(C=C(C)CCC=C(C)C)cc1)P(=O)(O)O. The third kappa shape index (κ3) is 11.0. The van der Waals surface area contributed by atoms with Crippen LogP contribution in [0.2, 0.25) is 0 Å². The van der Waals surface area contributed by atoms with Crippen molar-refractivity contribution in [2.75, 3.05) is 13.0 Å². The van der Waals surface area contributed by atoms with E-state index in [-0.39, 0.29) is 12.8 Å². The van der Waals surface area contributed by atoms with Crippen LogP contribution in [0.25, 0.3) is 6.08 Å². The Bertz CT molecular complexity index is 743. The number of ether oxygens (including phenoxy) is 1. The fraction of sp³-hybridized carbons (Fsp3) is 0.545. The van der Waals surface area contributed by atoms with Crippen LogP contribution < -0.4 is 0 Å². The summed E-state index contributed by atoms with van der Waals surface area (Å²) in [5.74, 6) is 0. The van der Waals surface area contributed by atoms with Crippen molar-refractivity contribution in [3.05, 3.63) is 52.6 Å². The van der Waals surface area contributed by atoms with Gasteiger partial charge >= 0.3 is 15.4 Å². The van der Waals surface area contributed by atoms with Crippen LogP contribution in [0.15, 0.2) is 41.5 Å². The topological polar surface area (TPSA) is 83.8 Å². The van der Waals surface area contributed by atoms with Crippen molar-refractivity contribution in [1.82, 2.24) is 0 Å². The Labute approximate surface area is 176 Å². The van der Waals surface area contributed by atoms with Gasteiger partial charge in [0, 0.05) is 13.0 Å². The van der Waals surface area contributed by atoms with Gasteiger partial charge in [0.1, 0.15) is 0 Å². The molecule has 0 aliphatic heterocycles. The Hall–Kier alpha value is -1.09. The standard InChI is InChI=1S/C22H34O5P2/c1-5-27-17-28(23)22(29(24,25)26)11-7-10-20-12-14-21(15-13-20)16-19(4)9-6-8-18(2)3/h8,12-16,22H,5-7,9-11,17H2,1-4H3,(H-,24,25,26)/p+1. The highest BCUT2D eigenvalue weighted by atomic mass is 31.2. The maximum absolute atomic E-state index is 12.2. The minimum absolute atomic E-state index is 0.102. The van der Waals surface area contributed by atoms with E-state index in [2.05, 4.69) is 45.1 Å². The lowest BCUT2D eigenvalue weighted by atomic mass is 10.0. The first-order valence-corrected chi connectivity index (χ1v) is 13.3. The number of allylic oxidation sites excluding steroid dienone is 3. The van der Waals surface area contributed by atoms with Crippen LogP contribution in [0.3, 0.4) is 0 Å². The lowest BCUT2D eigenvalue weighted by molar-refractivity contribution is 0.193. The van der Waals surface area contributed by atoms with E-state index in [1.54, 1.807) is 6.92 Å². The van der Waals surface area contributed by atoms with E-state index < -0.39 is 20.8 Å². The lowest BCUT2D eigenvalue weighted by Gasteiger charge is -2.10. The van der Waals surface area contributed by atoms with Gasteiger partial charge in [0.2, 0.25) is 6.35 Å². The number of hydrogen-bond donors (Lipinski definition) is 2. The molecule has 2 unspecified atom stereocenters. The van der Waals surface area contributed by atoms with Crippen LogP contribution in [0.4, 0.5) is 0 Å². The quantitative estimate of drug-likeness (QED) is 0.270. The Kier molecular flexibility index (Phi) is 11.9. The molecule has 0 aliphatic carbocycles. The maximum Gasteiger partial charge on any atom is 0.382 e. The Morgan fingerprint density at radius 1 is 1.21 bits per heavy atom. The molecule has 1 aromatic rings. The highest BCUT2D eigenvalue weighted by Gasteiger charge is 2.44. The second kappa shape index (κ2) is 13.3. The molecule has 0 saturated carbocycles. The van der Waals surface area contributed by atoms with Crippen molar-refractivity contribution in [2.24, 2.45) is 0 Å². The van der Waals surface area contributed by atoms with Gasteiger partial charge in [-0.3, -0.25) is 4.57 Å². The van der Waals surface area contributed by atoms with Gasteiger partial charge in [0.15, 0.2) is 0 Å². The van der Waals surface area contributed by atoms with E-state index in [0.717, 1.165) is 24.0 Å². The summed E-state index contributed by atoms with van der Waals surface area (Å²) in [7, 11) is -6.50. The van der Waals surface area contributed by atoms with E-state index in [1.165, 1.54) is 11.1 Å². The molecule has 29 heavy (non-hydrogen) atoms. The largest absolute Gasteiger partial charge is 0.382 e. The van der Waals surface area contributed by atoms with E-state index in [9.17, 15) is 18.9 Å². The zero-order valence-electron chi connectivity index (χ0n) is 18.0. The first kappa shape index (κ1) is 25.9. The van der Waals surface area contributed by atoms with Crippen molar-refractivity contribution in [1.29, 1.82) is 0 Å². The third-order valence-electron chi connectivity index (χ3n) is 4.56. The summed E-state index contributed by atoms with van der Waals surface area (Å²) in [6, 6.07) is 8.22. The minimum atomic E-state index is -4.41. The Morgan fingerprint density at radius 3 is 2.41 bits per heavy atom. The second-order valence-corrected chi connectivity index (χ2v) is 11.5. The summed E-state index contributed by atoms with van der Waals surface area (Å²) in [4.78, 5) is 19.0. The van der Waals surface area contributed by atoms with Gasteiger partial charge in [0.05, 0.1) is 0 Å². The summed E-state index contributed by atoms with van der Waals surface area (Å²) in [6.45, 7) is 8.50. The summed E-state index contributed by atoms with van der Waals surface area (Å²) >= 11 is 0. The fourth-order valence-electron chi connectivity index (χ4n) is 2.96. The van der Waals surface area contributed by atoms with Crippen LogP contribution >= 0.6 is 15.4 Å². The summed E-state index contributed by atoms with van der Waals surface area (Å²) in [5, 5.41) is -1.13. The first-order chi connectivity index (χ1) is 13.6. The predicted octanol–water partition coefficient (Wildman–Crippen LogP) is 6.48. The Balaban J connectivity index is 2.59. The molecule has 5 nitrogen and oxygen atoms in total. The molecule has 0 saturated heterocycles. The summed E-state index contributed by atoms with van der Waals surface area (Å²) < 4.78 is 28.9. The molecule has 0 aromatic heterocycles. The molecule has 1 rings (SSSR count). The summed E-state index contributed by atoms with van der Waals surface area (Å²) in [5.41, 5.74) is 4.92. The van der Waals surface area contributed by atoms with Crippen molar-refractivity contribution >= 4 is 21.5 Å². The average Bonchev–Trinajstić information content (AvgIpc) is 2.63. The smallest absolute Gasteiger partial charge is 0.338 e. The van der Waals surface area contributed by atoms with E-state index in [0.29, 0.717) is 19.4 Å². The molecule has 0 amide bonds. The van der Waals surface area contributed by atoms with Gasteiger partial charge in [-0.05, 0) is 64.5 Å². The molecule has 0 spiro atoms. The van der Waals surface area contributed by atoms with Gasteiger partial charge in [-0.1, -0.05) is 52.1 Å². The van der Waals surface area contributed by atoms with Gasteiger partial charge < -0.3 is 14.5 Å². The molecular formula is C22H35O5P2+. The zero-order valence-corrected chi connectivity index (χ0v) is 19.8. The van der Waals surface area contributed by atoms with Crippen molar-refractivity contribution < 1.29 is 23.7 Å². The third-order valence-corrected chi connectivity index (χ3v) is 8.63. The molecule has 2 N–H and O–H groups in total.